The van der Waals surface area contributed by atoms with Crippen LogP contribution in [0.1, 0.15) is 60.3 Å². The number of rotatable bonds is 10. The lowest BCUT2D eigenvalue weighted by Crippen LogP contribution is -2.53. The second-order valence-electron chi connectivity index (χ2n) is 15.7. The van der Waals surface area contributed by atoms with Crippen molar-refractivity contribution in [2.24, 2.45) is 13.0 Å². The number of halogens is 3. The molecule has 0 saturated carbocycles. The minimum atomic E-state index is -3.66. The van der Waals surface area contributed by atoms with Crippen molar-refractivity contribution in [2.45, 2.75) is 52.7 Å². The highest BCUT2D eigenvalue weighted by molar-refractivity contribution is 7.85. The first-order chi connectivity index (χ1) is 28.2. The Morgan fingerprint density at radius 1 is 0.900 bits per heavy atom. The van der Waals surface area contributed by atoms with Gasteiger partial charge in [0.15, 0.2) is 17.5 Å². The number of hydrogen-bond donors (Lipinski definition) is 1. The second-order valence-corrected chi connectivity index (χ2v) is 17.8. The highest BCUT2D eigenvalue weighted by Crippen LogP contribution is 2.33. The summed E-state index contributed by atoms with van der Waals surface area (Å²) in [6, 6.07) is 7.18. The highest BCUT2D eigenvalue weighted by atomic mass is 35.5. The van der Waals surface area contributed by atoms with Gasteiger partial charge in [0.25, 0.3) is 21.9 Å². The molecule has 2 saturated heterocycles. The van der Waals surface area contributed by atoms with Crippen LogP contribution in [0.4, 0.5) is 19.3 Å². The molecule has 0 unspecified atom stereocenters. The van der Waals surface area contributed by atoms with Crippen molar-refractivity contribution >= 4 is 51.2 Å². The monoisotopic (exact) mass is 872 g/mol. The van der Waals surface area contributed by atoms with Gasteiger partial charge in [-0.2, -0.15) is 13.5 Å². The smallest absolute Gasteiger partial charge is 0.410 e. The first-order valence-corrected chi connectivity index (χ1v) is 21.5. The van der Waals surface area contributed by atoms with Crippen LogP contribution in [0.5, 0.6) is 0 Å². The summed E-state index contributed by atoms with van der Waals surface area (Å²) < 4.78 is 66.7. The number of hydrogen-bond acceptors (Lipinski definition) is 10. The number of ether oxygens (including phenoxy) is 1. The fourth-order valence-corrected chi connectivity index (χ4v) is 7.82. The molecule has 4 heterocycles. The number of carbonyl (C=O) groups excluding carboxylic acids is 4. The molecule has 0 spiro atoms. The first kappa shape index (κ1) is 44.2. The summed E-state index contributed by atoms with van der Waals surface area (Å²) in [6.45, 7) is 9.14. The number of aromatic nitrogens is 4. The molecule has 2 aromatic carbocycles. The van der Waals surface area contributed by atoms with Crippen molar-refractivity contribution < 1.29 is 45.3 Å². The van der Waals surface area contributed by atoms with Gasteiger partial charge in [-0.1, -0.05) is 17.7 Å². The molecule has 2 aromatic heterocycles. The van der Waals surface area contributed by atoms with Crippen molar-refractivity contribution in [3.8, 4) is 22.4 Å². The summed E-state index contributed by atoms with van der Waals surface area (Å²) >= 11 is 6.55. The Morgan fingerprint density at radius 2 is 1.53 bits per heavy atom. The van der Waals surface area contributed by atoms with E-state index in [0.29, 0.717) is 63.4 Å². The Kier molecular flexibility index (Phi) is 13.0. The third-order valence-corrected chi connectivity index (χ3v) is 11.3. The van der Waals surface area contributed by atoms with Crippen molar-refractivity contribution in [3.63, 3.8) is 0 Å². The van der Waals surface area contributed by atoms with E-state index in [-0.39, 0.29) is 75.9 Å². The van der Waals surface area contributed by atoms with Crippen LogP contribution in [0, 0.1) is 24.5 Å². The lowest BCUT2D eigenvalue weighted by Gasteiger charge is -2.38. The van der Waals surface area contributed by atoms with Crippen LogP contribution in [0.15, 0.2) is 42.7 Å². The van der Waals surface area contributed by atoms with Crippen LogP contribution in [-0.2, 0) is 37.4 Å². The molecule has 2 aliphatic rings. The summed E-state index contributed by atoms with van der Waals surface area (Å²) in [5.74, 6) is -3.64. The molecule has 16 nitrogen and oxygen atoms in total. The number of benzene rings is 2. The fourth-order valence-electron chi connectivity index (χ4n) is 7.18. The third-order valence-electron chi connectivity index (χ3n) is 10.4. The van der Waals surface area contributed by atoms with E-state index in [4.69, 9.17) is 20.5 Å². The molecule has 4 amide bonds. The zero-order chi connectivity index (χ0) is 43.7. The predicted octanol–water partition coefficient (Wildman–Crippen LogP) is 5.35. The van der Waals surface area contributed by atoms with Crippen molar-refractivity contribution in [2.75, 3.05) is 57.4 Å². The zero-order valence-electron chi connectivity index (χ0n) is 34.1. The fraction of sp³-hybridized carbons (Fsp3) is 0.450. The Hall–Kier alpha value is -5.40. The number of nitrogens with one attached hydrogen (secondary N) is 1. The van der Waals surface area contributed by atoms with Crippen molar-refractivity contribution in [1.29, 1.82) is 0 Å². The summed E-state index contributed by atoms with van der Waals surface area (Å²) in [6.07, 6.45) is 4.21. The van der Waals surface area contributed by atoms with Gasteiger partial charge in [-0.05, 0) is 64.8 Å². The standard InChI is InChI=1S/C40H47ClF2N8O8S/c1-24-30(22-45-51(24)19-20-58-60(6,56)57)27-9-10-29(34(43)33(27)42)32-23-44-35(47(32)5)36(52)46-26-7-8-28(31(41)21-26)38(54)49-17-15-48(16-18-49)37(53)25-11-13-50(14-12-25)39(55)59-40(2,3)4/h7-10,21-23,25H,11-20H2,1-6H3,(H,46,52). The molecule has 2 fully saturated rings. The molecule has 6 rings (SSSR count). The van der Waals surface area contributed by atoms with E-state index in [9.17, 15) is 27.6 Å². The van der Waals surface area contributed by atoms with Crippen molar-refractivity contribution in [3.05, 3.63) is 76.5 Å². The quantitative estimate of drug-likeness (QED) is 0.204. The maximum absolute atomic E-state index is 15.6. The molecule has 0 aliphatic carbocycles. The van der Waals surface area contributed by atoms with Gasteiger partial charge in [-0.15, -0.1) is 0 Å². The Morgan fingerprint density at radius 3 is 2.17 bits per heavy atom. The first-order valence-electron chi connectivity index (χ1n) is 19.3. The van der Waals surface area contributed by atoms with Gasteiger partial charge in [0.1, 0.15) is 5.60 Å². The number of piperazine rings is 1. The van der Waals surface area contributed by atoms with Gasteiger partial charge in [-0.25, -0.2) is 18.6 Å². The Bertz CT molecular complexity index is 2420. The number of anilines is 1. The van der Waals surface area contributed by atoms with Crippen LogP contribution in [0.3, 0.4) is 0 Å². The molecule has 20 heteroatoms. The van der Waals surface area contributed by atoms with E-state index in [1.54, 1.807) is 21.6 Å². The number of piperidine rings is 1. The van der Waals surface area contributed by atoms with Gasteiger partial charge < -0.3 is 29.3 Å². The van der Waals surface area contributed by atoms with Crippen LogP contribution in [0.2, 0.25) is 5.02 Å². The van der Waals surface area contributed by atoms with E-state index >= 15 is 8.78 Å². The minimum absolute atomic E-state index is 0.00747. The molecule has 60 heavy (non-hydrogen) atoms. The van der Waals surface area contributed by atoms with Crippen LogP contribution >= 0.6 is 11.6 Å². The van der Waals surface area contributed by atoms with E-state index < -0.39 is 33.3 Å². The molecule has 0 radical (unpaired) electrons. The normalized spacial score (nSPS) is 15.3. The minimum Gasteiger partial charge on any atom is -0.444 e. The second kappa shape index (κ2) is 17.7. The van der Waals surface area contributed by atoms with Gasteiger partial charge >= 0.3 is 6.09 Å². The number of amides is 4. The third kappa shape index (κ3) is 9.96. The zero-order valence-corrected chi connectivity index (χ0v) is 35.7. The number of carbonyl (C=O) groups is 4. The lowest BCUT2D eigenvalue weighted by atomic mass is 9.95. The summed E-state index contributed by atoms with van der Waals surface area (Å²) in [5, 5.41) is 6.93. The Balaban J connectivity index is 1.04. The summed E-state index contributed by atoms with van der Waals surface area (Å²) in [5.41, 5.74) is 0.563. The maximum atomic E-state index is 15.6. The van der Waals surface area contributed by atoms with Crippen LogP contribution in [0.25, 0.3) is 22.4 Å². The average Bonchev–Trinajstić information content (AvgIpc) is 3.75. The summed E-state index contributed by atoms with van der Waals surface area (Å²) in [7, 11) is -2.18. The number of imidazole rings is 1. The number of likely N-dealkylation sites (tertiary alicyclic amines) is 1. The molecular weight excluding hydrogens is 826 g/mol. The topological polar surface area (TPSA) is 178 Å². The molecule has 2 aliphatic heterocycles. The molecular formula is C40H47ClF2N8O8S. The largest absolute Gasteiger partial charge is 0.444 e. The molecule has 0 atom stereocenters. The average molecular weight is 873 g/mol. The van der Waals surface area contributed by atoms with Gasteiger partial charge in [-0.3, -0.25) is 23.2 Å². The molecule has 0 bridgehead atoms. The maximum Gasteiger partial charge on any atom is 0.410 e. The highest BCUT2D eigenvalue weighted by Gasteiger charge is 2.34. The SMILES string of the molecule is Cc1c(-c2ccc(-c3cnc(C(=O)Nc4ccc(C(=O)N5CCN(C(=O)C6CCN(C(=O)OC(C)(C)C)CC6)CC5)c(Cl)c4)n3C)c(F)c2F)cnn1CCOS(C)(=O)=O. The van der Waals surface area contributed by atoms with E-state index in [1.165, 1.54) is 59.0 Å². The Labute approximate surface area is 351 Å². The van der Waals surface area contributed by atoms with Gasteiger partial charge in [0.2, 0.25) is 5.91 Å². The van der Waals surface area contributed by atoms with Gasteiger partial charge in [0.05, 0.1) is 48.1 Å². The molecule has 4 aromatic rings. The predicted molar refractivity (Wildman–Crippen MR) is 218 cm³/mol. The van der Waals surface area contributed by atoms with E-state index in [2.05, 4.69) is 15.4 Å². The van der Waals surface area contributed by atoms with Gasteiger partial charge in [0, 0.05) is 80.3 Å². The van der Waals surface area contributed by atoms with E-state index in [1.807, 2.05) is 20.8 Å². The van der Waals surface area contributed by atoms with Crippen LogP contribution < -0.4 is 5.32 Å². The molecule has 1 N–H and O–H groups in total. The molecule has 322 valence electrons. The summed E-state index contributed by atoms with van der Waals surface area (Å²) in [4.78, 5) is 61.7. The lowest BCUT2D eigenvalue weighted by molar-refractivity contribution is -0.138. The van der Waals surface area contributed by atoms with Crippen LogP contribution in [-0.4, -0.2) is 124 Å². The van der Waals surface area contributed by atoms with Crippen molar-refractivity contribution in [1.82, 2.24) is 34.0 Å². The number of nitrogens with zero attached hydrogens (tertiary/aromatic N) is 7. The van der Waals surface area contributed by atoms with E-state index in [0.717, 1.165) is 6.26 Å².